The summed E-state index contributed by atoms with van der Waals surface area (Å²) in [4.78, 5) is 10.5. The van der Waals surface area contributed by atoms with Gasteiger partial charge in [-0.1, -0.05) is 54.6 Å². The maximum absolute atomic E-state index is 10.5. The first kappa shape index (κ1) is 17.1. The summed E-state index contributed by atoms with van der Waals surface area (Å²) in [5.74, 6) is 0.434. The van der Waals surface area contributed by atoms with Gasteiger partial charge in [-0.2, -0.15) is 0 Å². The average Bonchev–Trinajstić information content (AvgIpc) is 2.60. The second kappa shape index (κ2) is 7.04. The van der Waals surface area contributed by atoms with Gasteiger partial charge < -0.3 is 9.84 Å². The molecule has 0 bridgehead atoms. The third-order valence-electron chi connectivity index (χ3n) is 4.87. The molecule has 24 heavy (non-hydrogen) atoms. The maximum atomic E-state index is 10.5. The number of hydrogen-bond donors (Lipinski definition) is 1. The SMILES string of the molecule is O=COc1ccc(C2(c3ccc(O)c(Cl)c3)CCCCC2)cc1Cl. The molecule has 1 aliphatic rings. The first-order valence-corrected chi connectivity index (χ1v) is 8.72. The molecule has 2 aromatic carbocycles. The highest BCUT2D eigenvalue weighted by molar-refractivity contribution is 6.32. The van der Waals surface area contributed by atoms with Crippen molar-refractivity contribution in [2.24, 2.45) is 0 Å². The summed E-state index contributed by atoms with van der Waals surface area (Å²) in [7, 11) is 0. The first-order valence-electron chi connectivity index (χ1n) is 7.96. The van der Waals surface area contributed by atoms with Crippen LogP contribution in [0.25, 0.3) is 0 Å². The zero-order valence-electron chi connectivity index (χ0n) is 13.1. The molecule has 0 atom stereocenters. The largest absolute Gasteiger partial charge is 0.506 e. The lowest BCUT2D eigenvalue weighted by atomic mass is 9.65. The summed E-state index contributed by atoms with van der Waals surface area (Å²) >= 11 is 12.4. The second-order valence-corrected chi connectivity index (χ2v) is 6.98. The molecular weight excluding hydrogens is 347 g/mol. The maximum Gasteiger partial charge on any atom is 0.298 e. The van der Waals surface area contributed by atoms with Crippen LogP contribution in [0.4, 0.5) is 0 Å². The van der Waals surface area contributed by atoms with E-state index in [0.717, 1.165) is 36.8 Å². The van der Waals surface area contributed by atoms with Crippen molar-refractivity contribution in [1.82, 2.24) is 0 Å². The zero-order chi connectivity index (χ0) is 17.2. The molecule has 1 saturated carbocycles. The normalized spacial score (nSPS) is 16.6. The highest BCUT2D eigenvalue weighted by Gasteiger charge is 2.36. The Morgan fingerprint density at radius 1 is 0.958 bits per heavy atom. The molecule has 3 rings (SSSR count). The Morgan fingerprint density at radius 2 is 1.58 bits per heavy atom. The van der Waals surface area contributed by atoms with E-state index in [1.54, 1.807) is 12.1 Å². The van der Waals surface area contributed by atoms with E-state index >= 15 is 0 Å². The van der Waals surface area contributed by atoms with Gasteiger partial charge in [-0.15, -0.1) is 0 Å². The van der Waals surface area contributed by atoms with Crippen LogP contribution in [-0.4, -0.2) is 11.6 Å². The predicted octanol–water partition coefficient (Wildman–Crippen LogP) is 5.48. The number of ether oxygens (including phenoxy) is 1. The van der Waals surface area contributed by atoms with Crippen molar-refractivity contribution in [3.63, 3.8) is 0 Å². The van der Waals surface area contributed by atoms with Gasteiger partial charge in [-0.25, -0.2) is 0 Å². The minimum absolute atomic E-state index is 0.0825. The Balaban J connectivity index is 2.10. The summed E-state index contributed by atoms with van der Waals surface area (Å²) in [5, 5.41) is 10.5. The first-order chi connectivity index (χ1) is 11.6. The fourth-order valence-corrected chi connectivity index (χ4v) is 4.06. The van der Waals surface area contributed by atoms with Crippen LogP contribution in [-0.2, 0) is 10.2 Å². The molecule has 2 aromatic rings. The van der Waals surface area contributed by atoms with Gasteiger partial charge in [0.1, 0.15) is 11.5 Å². The molecule has 0 saturated heterocycles. The van der Waals surface area contributed by atoms with Crippen molar-refractivity contribution in [2.75, 3.05) is 0 Å². The van der Waals surface area contributed by atoms with E-state index in [2.05, 4.69) is 0 Å². The van der Waals surface area contributed by atoms with Crippen LogP contribution < -0.4 is 4.74 Å². The van der Waals surface area contributed by atoms with Crippen LogP contribution in [0.1, 0.15) is 43.2 Å². The molecule has 1 N–H and O–H groups in total. The Labute approximate surface area is 151 Å². The van der Waals surface area contributed by atoms with E-state index in [0.29, 0.717) is 22.3 Å². The molecule has 0 heterocycles. The minimum atomic E-state index is -0.195. The fraction of sp³-hybridized carbons (Fsp3) is 0.316. The molecular formula is C19H18Cl2O3. The van der Waals surface area contributed by atoms with Crippen molar-refractivity contribution in [3.8, 4) is 11.5 Å². The predicted molar refractivity (Wildman–Crippen MR) is 95.1 cm³/mol. The number of benzene rings is 2. The van der Waals surface area contributed by atoms with E-state index in [1.165, 1.54) is 6.42 Å². The van der Waals surface area contributed by atoms with Gasteiger partial charge in [0.25, 0.3) is 6.47 Å². The smallest absolute Gasteiger partial charge is 0.298 e. The molecule has 1 fully saturated rings. The molecule has 1 aliphatic carbocycles. The van der Waals surface area contributed by atoms with E-state index in [4.69, 9.17) is 27.9 Å². The standard InChI is InChI=1S/C19H18Cl2O3/c20-15-10-13(4-6-17(15)23)19(8-2-1-3-9-19)14-5-7-18(24-12-22)16(21)11-14/h4-7,10-12,23H,1-3,8-9H2. The van der Waals surface area contributed by atoms with Crippen molar-refractivity contribution in [2.45, 2.75) is 37.5 Å². The Kier molecular flexibility index (Phi) is 5.02. The molecule has 0 aromatic heterocycles. The molecule has 126 valence electrons. The van der Waals surface area contributed by atoms with Gasteiger partial charge in [0.2, 0.25) is 0 Å². The van der Waals surface area contributed by atoms with Crippen LogP contribution in [0.2, 0.25) is 10.0 Å². The van der Waals surface area contributed by atoms with Gasteiger partial charge in [-0.3, -0.25) is 4.79 Å². The van der Waals surface area contributed by atoms with E-state index in [9.17, 15) is 9.90 Å². The minimum Gasteiger partial charge on any atom is -0.506 e. The van der Waals surface area contributed by atoms with Crippen LogP contribution in [0.15, 0.2) is 36.4 Å². The summed E-state index contributed by atoms with van der Waals surface area (Å²) in [6, 6.07) is 11.0. The zero-order valence-corrected chi connectivity index (χ0v) is 14.6. The van der Waals surface area contributed by atoms with E-state index in [1.807, 2.05) is 24.3 Å². The van der Waals surface area contributed by atoms with Crippen LogP contribution in [0.5, 0.6) is 11.5 Å². The summed E-state index contributed by atoms with van der Waals surface area (Å²) < 4.78 is 4.89. The fourth-order valence-electron chi connectivity index (χ4n) is 3.65. The highest BCUT2D eigenvalue weighted by Crippen LogP contribution is 2.47. The van der Waals surface area contributed by atoms with Crippen LogP contribution >= 0.6 is 23.2 Å². The third-order valence-corrected chi connectivity index (χ3v) is 5.47. The second-order valence-electron chi connectivity index (χ2n) is 6.17. The van der Waals surface area contributed by atoms with Gasteiger partial charge >= 0.3 is 0 Å². The molecule has 0 aliphatic heterocycles. The molecule has 0 spiro atoms. The van der Waals surface area contributed by atoms with Gasteiger partial charge in [0.15, 0.2) is 0 Å². The number of carbonyl (C=O) groups excluding carboxylic acids is 1. The topological polar surface area (TPSA) is 46.5 Å². The van der Waals surface area contributed by atoms with Crippen molar-refractivity contribution in [1.29, 1.82) is 0 Å². The van der Waals surface area contributed by atoms with Crippen LogP contribution in [0.3, 0.4) is 0 Å². The summed E-state index contributed by atoms with van der Waals surface area (Å²) in [6.45, 7) is 0.372. The lowest BCUT2D eigenvalue weighted by Gasteiger charge is -2.39. The van der Waals surface area contributed by atoms with Crippen molar-refractivity contribution < 1.29 is 14.6 Å². The molecule has 0 radical (unpaired) electrons. The van der Waals surface area contributed by atoms with Crippen molar-refractivity contribution in [3.05, 3.63) is 57.6 Å². The number of halogens is 2. The summed E-state index contributed by atoms with van der Waals surface area (Å²) in [5.41, 5.74) is 1.95. The van der Waals surface area contributed by atoms with Crippen LogP contribution in [0, 0.1) is 0 Å². The Morgan fingerprint density at radius 3 is 2.17 bits per heavy atom. The lowest BCUT2D eigenvalue weighted by Crippen LogP contribution is -2.30. The molecule has 5 heteroatoms. The lowest BCUT2D eigenvalue weighted by molar-refractivity contribution is -0.120. The quantitative estimate of drug-likeness (QED) is 0.730. The number of hydrogen-bond acceptors (Lipinski definition) is 3. The van der Waals surface area contributed by atoms with Crippen molar-refractivity contribution >= 4 is 29.7 Å². The Hall–Kier alpha value is -1.71. The number of aromatic hydroxyl groups is 1. The Bertz CT molecular complexity index is 752. The van der Waals surface area contributed by atoms with E-state index in [-0.39, 0.29) is 11.2 Å². The number of phenolic OH excluding ortho intramolecular Hbond substituents is 1. The highest BCUT2D eigenvalue weighted by atomic mass is 35.5. The van der Waals surface area contributed by atoms with Gasteiger partial charge in [0.05, 0.1) is 10.0 Å². The average molecular weight is 365 g/mol. The number of phenols is 1. The number of carbonyl (C=O) groups is 1. The molecule has 3 nitrogen and oxygen atoms in total. The monoisotopic (exact) mass is 364 g/mol. The third kappa shape index (κ3) is 3.11. The molecule has 0 unspecified atom stereocenters. The molecule has 0 amide bonds. The van der Waals surface area contributed by atoms with Gasteiger partial charge in [0, 0.05) is 5.41 Å². The van der Waals surface area contributed by atoms with E-state index < -0.39 is 0 Å². The summed E-state index contributed by atoms with van der Waals surface area (Å²) in [6.07, 6.45) is 5.40. The van der Waals surface area contributed by atoms with Gasteiger partial charge in [-0.05, 0) is 48.2 Å². The number of rotatable bonds is 4.